The van der Waals surface area contributed by atoms with E-state index in [0.29, 0.717) is 11.8 Å². The second-order valence-electron chi connectivity index (χ2n) is 7.74. The van der Waals surface area contributed by atoms with Crippen molar-refractivity contribution in [3.05, 3.63) is 0 Å². The first kappa shape index (κ1) is 19.7. The fourth-order valence-electron chi connectivity index (χ4n) is 3.55. The van der Waals surface area contributed by atoms with E-state index in [1.165, 1.54) is 12.1 Å². The average Bonchev–Trinajstić information content (AvgIpc) is 2.59. The van der Waals surface area contributed by atoms with E-state index in [1.54, 1.807) is 0 Å². The summed E-state index contributed by atoms with van der Waals surface area (Å²) in [5.41, 5.74) is 0. The molecule has 0 aromatic heterocycles. The van der Waals surface area contributed by atoms with Crippen LogP contribution in [0.15, 0.2) is 0 Å². The number of Topliss-reactive ketones (excluding diaryl/α,β-unsaturated/α-hetero) is 1. The lowest BCUT2D eigenvalue weighted by Gasteiger charge is -2.41. The van der Waals surface area contributed by atoms with Gasteiger partial charge in [0.2, 0.25) is 5.91 Å². The molecular weight excluding hydrogens is 322 g/mol. The van der Waals surface area contributed by atoms with Crippen molar-refractivity contribution in [2.24, 2.45) is 17.8 Å². The van der Waals surface area contributed by atoms with Gasteiger partial charge < -0.3 is 4.90 Å². The summed E-state index contributed by atoms with van der Waals surface area (Å²) in [7, 11) is 0. The van der Waals surface area contributed by atoms with Gasteiger partial charge in [0.05, 0.1) is 0 Å². The number of hydrogen-bond acceptors (Lipinski definition) is 5. The summed E-state index contributed by atoms with van der Waals surface area (Å²) in [5.74, 6) is 1.02. The minimum absolute atomic E-state index is 0.0323. The van der Waals surface area contributed by atoms with Crippen molar-refractivity contribution in [1.82, 2.24) is 13.9 Å². The predicted octanol–water partition coefficient (Wildman–Crippen LogP) is 2.72. The number of nitrogens with zero attached hydrogens (tertiary/aromatic N) is 2. The van der Waals surface area contributed by atoms with Gasteiger partial charge in [-0.3, -0.25) is 14.3 Å². The zero-order valence-corrected chi connectivity index (χ0v) is 16.4. The van der Waals surface area contributed by atoms with Crippen LogP contribution in [-0.4, -0.2) is 53.1 Å². The Labute approximate surface area is 151 Å². The van der Waals surface area contributed by atoms with Crippen LogP contribution < -0.4 is 4.72 Å². The molecule has 0 spiro atoms. The third-order valence-electron chi connectivity index (χ3n) is 5.24. The number of hydrogen-bond donors (Lipinski definition) is 1. The second-order valence-corrected chi connectivity index (χ2v) is 8.64. The molecule has 6 heteroatoms. The molecule has 2 rings (SSSR count). The molecule has 1 N–H and O–H groups in total. The first-order valence-electron chi connectivity index (χ1n) is 9.38. The van der Waals surface area contributed by atoms with Gasteiger partial charge in [0.25, 0.3) is 0 Å². The molecule has 1 amide bonds. The van der Waals surface area contributed by atoms with Crippen LogP contribution >= 0.6 is 12.1 Å². The normalized spacial score (nSPS) is 22.2. The monoisotopic (exact) mass is 355 g/mol. The van der Waals surface area contributed by atoms with Crippen molar-refractivity contribution in [3.63, 3.8) is 0 Å². The lowest BCUT2D eigenvalue weighted by atomic mass is 9.86. The Hall–Kier alpha value is -0.590. The smallest absolute Gasteiger partial charge is 0.233 e. The minimum atomic E-state index is 0.0323. The lowest BCUT2D eigenvalue weighted by Crippen LogP contribution is -2.48. The highest BCUT2D eigenvalue weighted by Crippen LogP contribution is 2.27. The average molecular weight is 356 g/mol. The van der Waals surface area contributed by atoms with Gasteiger partial charge in [-0.15, -0.1) is 0 Å². The molecule has 0 aliphatic carbocycles. The number of nitrogens with one attached hydrogen (secondary N) is 1. The van der Waals surface area contributed by atoms with Gasteiger partial charge in [0.1, 0.15) is 5.78 Å². The molecule has 24 heavy (non-hydrogen) atoms. The van der Waals surface area contributed by atoms with Crippen LogP contribution in [0.3, 0.4) is 0 Å². The molecule has 0 saturated carbocycles. The van der Waals surface area contributed by atoms with Gasteiger partial charge in [-0.2, -0.15) is 0 Å². The summed E-state index contributed by atoms with van der Waals surface area (Å²) >= 11 is 1.46. The van der Waals surface area contributed by atoms with Gasteiger partial charge in [0, 0.05) is 49.0 Å². The summed E-state index contributed by atoms with van der Waals surface area (Å²) in [6.45, 7) is 12.0. The highest BCUT2D eigenvalue weighted by Gasteiger charge is 2.31. The molecule has 0 radical (unpaired) electrons. The van der Waals surface area contributed by atoms with E-state index in [9.17, 15) is 9.59 Å². The molecule has 2 fully saturated rings. The van der Waals surface area contributed by atoms with Gasteiger partial charge in [-0.25, -0.2) is 4.31 Å². The fraction of sp³-hybridized carbons (Fsp3) is 0.889. The molecule has 2 saturated heterocycles. The minimum Gasteiger partial charge on any atom is -0.300 e. The number of rotatable bonds is 6. The highest BCUT2D eigenvalue weighted by molar-refractivity contribution is 7.95. The van der Waals surface area contributed by atoms with Crippen LogP contribution in [0.25, 0.3) is 0 Å². The van der Waals surface area contributed by atoms with Crippen molar-refractivity contribution in [3.8, 4) is 0 Å². The number of likely N-dealkylation sites (tertiary alicyclic amines) is 1. The maximum Gasteiger partial charge on any atom is 0.233 e. The van der Waals surface area contributed by atoms with Crippen LogP contribution in [0, 0.1) is 17.8 Å². The molecule has 2 aliphatic heterocycles. The topological polar surface area (TPSA) is 52.7 Å². The quantitative estimate of drug-likeness (QED) is 0.743. The van der Waals surface area contributed by atoms with E-state index in [4.69, 9.17) is 0 Å². The molecular formula is C18H33N3O2S. The van der Waals surface area contributed by atoms with Crippen LogP contribution in [0.1, 0.15) is 53.4 Å². The third kappa shape index (κ3) is 5.46. The molecule has 0 unspecified atom stereocenters. The van der Waals surface area contributed by atoms with Crippen LogP contribution in [0.2, 0.25) is 0 Å². The fourth-order valence-corrected chi connectivity index (χ4v) is 4.39. The number of carbonyl (C=O) groups excluding carboxylic acids is 2. The van der Waals surface area contributed by atoms with E-state index in [1.807, 2.05) is 27.7 Å². The molecule has 0 atom stereocenters. The van der Waals surface area contributed by atoms with E-state index >= 15 is 0 Å². The van der Waals surface area contributed by atoms with Crippen molar-refractivity contribution in [2.75, 3.05) is 26.2 Å². The Bertz CT molecular complexity index is 426. The van der Waals surface area contributed by atoms with Crippen LogP contribution in [0.4, 0.5) is 0 Å². The third-order valence-corrected chi connectivity index (χ3v) is 6.16. The maximum atomic E-state index is 12.1. The van der Waals surface area contributed by atoms with Crippen LogP contribution in [0.5, 0.6) is 0 Å². The van der Waals surface area contributed by atoms with Gasteiger partial charge in [-0.05, 0) is 38.8 Å². The largest absolute Gasteiger partial charge is 0.300 e. The number of amides is 1. The SMILES string of the molecule is CC(C)C(=O)NSN1CCC(N2CCC(C(=O)C(C)C)CC2)CC1. The zero-order valence-electron chi connectivity index (χ0n) is 15.6. The summed E-state index contributed by atoms with van der Waals surface area (Å²) < 4.78 is 5.18. The number of piperidine rings is 2. The van der Waals surface area contributed by atoms with Crippen molar-refractivity contribution >= 4 is 23.8 Å². The Balaban J connectivity index is 1.68. The summed E-state index contributed by atoms with van der Waals surface area (Å²) in [6.07, 6.45) is 4.34. The van der Waals surface area contributed by atoms with Gasteiger partial charge in [-0.1, -0.05) is 27.7 Å². The molecule has 5 nitrogen and oxygen atoms in total. The summed E-state index contributed by atoms with van der Waals surface area (Å²) in [5, 5.41) is 0. The van der Waals surface area contributed by atoms with Crippen LogP contribution in [-0.2, 0) is 9.59 Å². The first-order valence-corrected chi connectivity index (χ1v) is 10.1. The highest BCUT2D eigenvalue weighted by atomic mass is 32.2. The Morgan fingerprint density at radius 1 is 0.917 bits per heavy atom. The Kier molecular flexibility index (Phi) is 7.57. The molecule has 2 heterocycles. The zero-order chi connectivity index (χ0) is 17.7. The summed E-state index contributed by atoms with van der Waals surface area (Å²) in [4.78, 5) is 26.4. The molecule has 138 valence electrons. The molecule has 0 aromatic rings. The Morgan fingerprint density at radius 2 is 1.50 bits per heavy atom. The van der Waals surface area contributed by atoms with Gasteiger partial charge in [0.15, 0.2) is 0 Å². The first-order chi connectivity index (χ1) is 11.4. The van der Waals surface area contributed by atoms with E-state index < -0.39 is 0 Å². The number of ketones is 1. The van der Waals surface area contributed by atoms with Crippen molar-refractivity contribution in [1.29, 1.82) is 0 Å². The molecule has 0 bridgehead atoms. The van der Waals surface area contributed by atoms with E-state index in [0.717, 1.165) is 51.9 Å². The molecule has 0 aromatic carbocycles. The van der Waals surface area contributed by atoms with Gasteiger partial charge >= 0.3 is 0 Å². The van der Waals surface area contributed by atoms with E-state index in [2.05, 4.69) is 13.9 Å². The number of carbonyl (C=O) groups is 2. The van der Waals surface area contributed by atoms with Crippen molar-refractivity contribution < 1.29 is 9.59 Å². The predicted molar refractivity (Wildman–Crippen MR) is 99.3 cm³/mol. The van der Waals surface area contributed by atoms with Crippen molar-refractivity contribution in [2.45, 2.75) is 59.4 Å². The van der Waals surface area contributed by atoms with E-state index in [-0.39, 0.29) is 23.7 Å². The lowest BCUT2D eigenvalue weighted by molar-refractivity contribution is -0.127. The maximum absolute atomic E-state index is 12.1. The standard InChI is InChI=1S/C18H33N3O2S/c1-13(2)17(22)15-5-9-20(10-6-15)16-7-11-21(12-8-16)24-19-18(23)14(3)4/h13-16H,5-12H2,1-4H3,(H,19,23). The summed E-state index contributed by atoms with van der Waals surface area (Å²) in [6, 6.07) is 0.637. The second kappa shape index (κ2) is 9.20. The molecule has 2 aliphatic rings. The Morgan fingerprint density at radius 3 is 2.00 bits per heavy atom.